The van der Waals surface area contributed by atoms with Crippen molar-refractivity contribution in [2.75, 3.05) is 18.8 Å². The Morgan fingerprint density at radius 3 is 2.59 bits per heavy atom. The van der Waals surface area contributed by atoms with Crippen molar-refractivity contribution in [2.45, 2.75) is 53.2 Å². The van der Waals surface area contributed by atoms with Gasteiger partial charge in [-0.25, -0.2) is 4.79 Å². The molecular weight excluding hydrogens is 320 g/mol. The van der Waals surface area contributed by atoms with Crippen LogP contribution in [-0.4, -0.2) is 29.6 Å². The number of hydrogen-bond donors (Lipinski definition) is 1. The molecule has 0 spiro atoms. The summed E-state index contributed by atoms with van der Waals surface area (Å²) in [6.45, 7) is 13.1. The van der Waals surface area contributed by atoms with Crippen molar-refractivity contribution in [3.8, 4) is 0 Å². The number of carbonyl (C=O) groups excluding carboxylic acids is 1. The Hall–Kier alpha value is -0.780. The second-order valence-corrected chi connectivity index (χ2v) is 8.26. The van der Waals surface area contributed by atoms with Crippen molar-refractivity contribution in [2.24, 2.45) is 5.92 Å². The second kappa shape index (κ2) is 7.20. The molecule has 0 fully saturated rings. The Morgan fingerprint density at radius 2 is 2.05 bits per heavy atom. The molecule has 0 aromatic carbocycles. The maximum absolute atomic E-state index is 12.4. The Balaban J connectivity index is 0.00000242. The molecule has 1 aromatic rings. The molecular formula is C16H27ClN2O2S. The summed E-state index contributed by atoms with van der Waals surface area (Å²) in [6, 6.07) is 0. The monoisotopic (exact) mass is 346 g/mol. The first-order valence-electron chi connectivity index (χ1n) is 7.53. The van der Waals surface area contributed by atoms with E-state index in [0.717, 1.165) is 31.6 Å². The first kappa shape index (κ1) is 19.3. The number of nitrogens with two attached hydrogens (primary N) is 1. The minimum absolute atomic E-state index is 0. The first-order chi connectivity index (χ1) is 9.67. The Labute approximate surface area is 143 Å². The highest BCUT2D eigenvalue weighted by atomic mass is 35.5. The van der Waals surface area contributed by atoms with Crippen molar-refractivity contribution < 1.29 is 9.53 Å². The predicted molar refractivity (Wildman–Crippen MR) is 95.0 cm³/mol. The molecule has 2 rings (SSSR count). The summed E-state index contributed by atoms with van der Waals surface area (Å²) < 4.78 is 5.49. The fourth-order valence-electron chi connectivity index (χ4n) is 2.70. The van der Waals surface area contributed by atoms with Gasteiger partial charge in [-0.2, -0.15) is 0 Å². The van der Waals surface area contributed by atoms with Crippen LogP contribution in [0.15, 0.2) is 0 Å². The third kappa shape index (κ3) is 4.61. The molecule has 0 radical (unpaired) electrons. The number of fused-ring (bicyclic) bond motifs is 1. The van der Waals surface area contributed by atoms with Gasteiger partial charge >= 0.3 is 5.97 Å². The molecule has 0 amide bonds. The summed E-state index contributed by atoms with van der Waals surface area (Å²) in [7, 11) is 0. The van der Waals surface area contributed by atoms with E-state index in [4.69, 9.17) is 10.5 Å². The van der Waals surface area contributed by atoms with Gasteiger partial charge in [-0.1, -0.05) is 13.8 Å². The van der Waals surface area contributed by atoms with Crippen LogP contribution in [0.4, 0.5) is 5.00 Å². The van der Waals surface area contributed by atoms with E-state index in [2.05, 4.69) is 18.7 Å². The number of nitrogens with zero attached hydrogens (tertiary/aromatic N) is 1. The highest BCUT2D eigenvalue weighted by Gasteiger charge is 2.29. The molecule has 2 N–H and O–H groups in total. The molecule has 2 heterocycles. The normalized spacial score (nSPS) is 15.4. The van der Waals surface area contributed by atoms with E-state index in [1.54, 1.807) is 0 Å². The smallest absolute Gasteiger partial charge is 0.341 e. The second-order valence-electron chi connectivity index (χ2n) is 7.12. The highest BCUT2D eigenvalue weighted by Crippen LogP contribution is 2.36. The summed E-state index contributed by atoms with van der Waals surface area (Å²) in [5.74, 6) is 0.365. The van der Waals surface area contributed by atoms with Gasteiger partial charge in [0.05, 0.1) is 5.56 Å². The van der Waals surface area contributed by atoms with Crippen molar-refractivity contribution >= 4 is 34.7 Å². The fourth-order valence-corrected chi connectivity index (χ4v) is 3.85. The largest absolute Gasteiger partial charge is 0.456 e. The maximum atomic E-state index is 12.4. The van der Waals surface area contributed by atoms with Gasteiger partial charge in [-0.05, 0) is 38.7 Å². The average Bonchev–Trinajstić information content (AvgIpc) is 2.60. The van der Waals surface area contributed by atoms with Gasteiger partial charge < -0.3 is 10.5 Å². The number of anilines is 1. The van der Waals surface area contributed by atoms with Gasteiger partial charge in [-0.15, -0.1) is 23.7 Å². The van der Waals surface area contributed by atoms with Crippen LogP contribution < -0.4 is 5.73 Å². The number of hydrogen-bond acceptors (Lipinski definition) is 5. The minimum atomic E-state index is -0.489. The number of rotatable bonds is 3. The van der Waals surface area contributed by atoms with Crippen LogP contribution in [0.3, 0.4) is 0 Å². The van der Waals surface area contributed by atoms with Crippen LogP contribution >= 0.6 is 23.7 Å². The fraction of sp³-hybridized carbons (Fsp3) is 0.688. The molecule has 0 saturated heterocycles. The summed E-state index contributed by atoms with van der Waals surface area (Å²) in [6.07, 6.45) is 0.879. The zero-order valence-electron chi connectivity index (χ0n) is 14.1. The van der Waals surface area contributed by atoms with Crippen molar-refractivity contribution in [3.05, 3.63) is 16.0 Å². The van der Waals surface area contributed by atoms with E-state index in [9.17, 15) is 4.79 Å². The first-order valence-corrected chi connectivity index (χ1v) is 8.34. The number of halogens is 1. The molecule has 22 heavy (non-hydrogen) atoms. The van der Waals surface area contributed by atoms with Gasteiger partial charge in [0.2, 0.25) is 0 Å². The number of ether oxygens (including phenoxy) is 1. The highest BCUT2D eigenvalue weighted by molar-refractivity contribution is 7.16. The van der Waals surface area contributed by atoms with Gasteiger partial charge in [-0.3, -0.25) is 4.90 Å². The maximum Gasteiger partial charge on any atom is 0.341 e. The van der Waals surface area contributed by atoms with E-state index in [0.29, 0.717) is 16.5 Å². The van der Waals surface area contributed by atoms with Crippen LogP contribution in [0.2, 0.25) is 0 Å². The lowest BCUT2D eigenvalue weighted by atomic mass is 10.0. The SMILES string of the molecule is CC(C)CN1CCc2c(sc(N)c2C(=O)OC(C)(C)C)C1.Cl. The zero-order valence-corrected chi connectivity index (χ0v) is 15.7. The van der Waals surface area contributed by atoms with Crippen molar-refractivity contribution in [1.29, 1.82) is 0 Å². The molecule has 6 heteroatoms. The van der Waals surface area contributed by atoms with Crippen LogP contribution in [0, 0.1) is 5.92 Å². The minimum Gasteiger partial charge on any atom is -0.456 e. The van der Waals surface area contributed by atoms with Gasteiger partial charge in [0.25, 0.3) is 0 Å². The van der Waals surface area contributed by atoms with Crippen LogP contribution in [0.25, 0.3) is 0 Å². The van der Waals surface area contributed by atoms with Crippen molar-refractivity contribution in [3.63, 3.8) is 0 Å². The predicted octanol–water partition coefficient (Wildman–Crippen LogP) is 3.72. The summed E-state index contributed by atoms with van der Waals surface area (Å²) in [5.41, 5.74) is 7.31. The third-order valence-corrected chi connectivity index (χ3v) is 4.44. The van der Waals surface area contributed by atoms with E-state index in [1.165, 1.54) is 16.2 Å². The van der Waals surface area contributed by atoms with Gasteiger partial charge in [0.15, 0.2) is 0 Å². The third-order valence-electron chi connectivity index (χ3n) is 3.39. The van der Waals surface area contributed by atoms with Crippen LogP contribution in [0.1, 0.15) is 55.4 Å². The number of thiophene rings is 1. The molecule has 126 valence electrons. The van der Waals surface area contributed by atoms with Crippen molar-refractivity contribution in [1.82, 2.24) is 4.90 Å². The van der Waals surface area contributed by atoms with Gasteiger partial charge in [0.1, 0.15) is 10.6 Å². The average molecular weight is 347 g/mol. The van der Waals surface area contributed by atoms with Gasteiger partial charge in [0, 0.05) is 24.5 Å². The lowest BCUT2D eigenvalue weighted by Gasteiger charge is -2.28. The van der Waals surface area contributed by atoms with E-state index in [-0.39, 0.29) is 18.4 Å². The number of esters is 1. The van der Waals surface area contributed by atoms with E-state index < -0.39 is 5.60 Å². The summed E-state index contributed by atoms with van der Waals surface area (Å²) in [5, 5.41) is 0.598. The number of carbonyl (C=O) groups is 1. The standard InChI is InChI=1S/C16H26N2O2S.ClH/c1-10(2)8-18-7-6-11-12(9-18)21-14(17)13(11)15(19)20-16(3,4)5;/h10H,6-9,17H2,1-5H3;1H. The van der Waals surface area contributed by atoms with E-state index >= 15 is 0 Å². The topological polar surface area (TPSA) is 55.6 Å². The molecule has 0 bridgehead atoms. The zero-order chi connectivity index (χ0) is 15.8. The molecule has 0 aliphatic carbocycles. The Morgan fingerprint density at radius 1 is 1.41 bits per heavy atom. The Kier molecular flexibility index (Phi) is 6.30. The number of nitrogen functional groups attached to an aromatic ring is 1. The lowest BCUT2D eigenvalue weighted by molar-refractivity contribution is 0.00695. The summed E-state index contributed by atoms with van der Waals surface area (Å²) >= 11 is 1.54. The molecule has 1 aromatic heterocycles. The van der Waals surface area contributed by atoms with E-state index in [1.807, 2.05) is 20.8 Å². The summed E-state index contributed by atoms with van der Waals surface area (Å²) in [4.78, 5) is 16.0. The molecule has 1 aliphatic rings. The van der Waals surface area contributed by atoms with Crippen LogP contribution in [0.5, 0.6) is 0 Å². The molecule has 0 atom stereocenters. The lowest BCUT2D eigenvalue weighted by Crippen LogP contribution is -2.33. The Bertz CT molecular complexity index is 535. The molecule has 1 aliphatic heterocycles. The molecule has 4 nitrogen and oxygen atoms in total. The van der Waals surface area contributed by atoms with Crippen LogP contribution in [-0.2, 0) is 17.7 Å². The molecule has 0 saturated carbocycles. The molecule has 0 unspecified atom stereocenters. The quantitative estimate of drug-likeness (QED) is 0.847.